The molecule has 0 saturated carbocycles. The van der Waals surface area contributed by atoms with E-state index >= 15 is 0 Å². The minimum Gasteiger partial charge on any atom is -0.489 e. The van der Waals surface area contributed by atoms with Crippen LogP contribution in [0.2, 0.25) is 0 Å². The molecule has 202 valence electrons. The van der Waals surface area contributed by atoms with Gasteiger partial charge in [-0.15, -0.1) is 0 Å². The lowest BCUT2D eigenvalue weighted by Crippen LogP contribution is -2.55. The highest BCUT2D eigenvalue weighted by atomic mass is 16.7. The predicted octanol–water partition coefficient (Wildman–Crippen LogP) is 5.45. The molecule has 2 aliphatic carbocycles. The van der Waals surface area contributed by atoms with Gasteiger partial charge in [0.15, 0.2) is 11.5 Å². The average Bonchev–Trinajstić information content (AvgIpc) is 2.82. The molecule has 1 fully saturated rings. The fourth-order valence-electron chi connectivity index (χ4n) is 6.59. The lowest BCUT2D eigenvalue weighted by Gasteiger charge is -2.44. The fraction of sp³-hybridized carbons (Fsp3) is 0.733. The SMILES string of the molecule is CCCCCOc1c(C)c2c3c(c1OC1OCC(O)C(O)C1O)C(C)CCC3C(C)C[C@@H]2C=C(C)C. The van der Waals surface area contributed by atoms with Crippen molar-refractivity contribution in [3.05, 3.63) is 33.9 Å². The Hall–Kier alpha value is -1.60. The largest absolute Gasteiger partial charge is 0.489 e. The van der Waals surface area contributed by atoms with Crippen molar-refractivity contribution in [2.75, 3.05) is 13.2 Å². The zero-order valence-corrected chi connectivity index (χ0v) is 22.9. The van der Waals surface area contributed by atoms with Crippen LogP contribution in [0, 0.1) is 12.8 Å². The summed E-state index contributed by atoms with van der Waals surface area (Å²) in [7, 11) is 0. The van der Waals surface area contributed by atoms with Crippen LogP contribution in [0.25, 0.3) is 0 Å². The molecular weight excluding hydrogens is 456 g/mol. The zero-order chi connectivity index (χ0) is 26.1. The predicted molar refractivity (Wildman–Crippen MR) is 141 cm³/mol. The van der Waals surface area contributed by atoms with Gasteiger partial charge in [-0.25, -0.2) is 0 Å². The minimum atomic E-state index is -1.35. The number of rotatable bonds is 8. The molecule has 0 amide bonds. The molecule has 1 aliphatic heterocycles. The van der Waals surface area contributed by atoms with E-state index in [1.807, 2.05) is 0 Å². The van der Waals surface area contributed by atoms with Crippen molar-refractivity contribution in [2.45, 2.75) is 122 Å². The van der Waals surface area contributed by atoms with Crippen molar-refractivity contribution in [3.63, 3.8) is 0 Å². The Kier molecular flexibility index (Phi) is 8.71. The Morgan fingerprint density at radius 2 is 1.75 bits per heavy atom. The number of aliphatic hydroxyl groups excluding tert-OH is 3. The number of benzene rings is 1. The molecule has 6 nitrogen and oxygen atoms in total. The molecule has 1 heterocycles. The van der Waals surface area contributed by atoms with Crippen molar-refractivity contribution in [2.24, 2.45) is 5.92 Å². The lowest BCUT2D eigenvalue weighted by atomic mass is 9.62. The number of hydrogen-bond acceptors (Lipinski definition) is 6. The number of ether oxygens (including phenoxy) is 3. The molecule has 0 spiro atoms. The highest BCUT2D eigenvalue weighted by molar-refractivity contribution is 5.65. The van der Waals surface area contributed by atoms with Gasteiger partial charge in [0.1, 0.15) is 18.3 Å². The summed E-state index contributed by atoms with van der Waals surface area (Å²) in [6, 6.07) is 0. The van der Waals surface area contributed by atoms with E-state index in [0.29, 0.717) is 30.1 Å². The molecule has 3 aliphatic rings. The second kappa shape index (κ2) is 11.4. The average molecular weight is 503 g/mol. The van der Waals surface area contributed by atoms with Gasteiger partial charge in [-0.3, -0.25) is 0 Å². The third-order valence-electron chi connectivity index (χ3n) is 8.45. The first-order valence-corrected chi connectivity index (χ1v) is 14.0. The van der Waals surface area contributed by atoms with Gasteiger partial charge in [-0.2, -0.15) is 0 Å². The summed E-state index contributed by atoms with van der Waals surface area (Å²) in [6.45, 7) is 13.8. The first-order valence-electron chi connectivity index (χ1n) is 14.0. The second-order valence-corrected chi connectivity index (χ2v) is 11.6. The molecule has 0 aromatic heterocycles. The second-order valence-electron chi connectivity index (χ2n) is 11.6. The summed E-state index contributed by atoms with van der Waals surface area (Å²) in [5.41, 5.74) is 6.39. The molecule has 1 aromatic rings. The maximum atomic E-state index is 10.7. The van der Waals surface area contributed by atoms with E-state index in [4.69, 9.17) is 14.2 Å². The third kappa shape index (κ3) is 5.20. The van der Waals surface area contributed by atoms with Crippen molar-refractivity contribution in [1.29, 1.82) is 0 Å². The zero-order valence-electron chi connectivity index (χ0n) is 22.9. The van der Waals surface area contributed by atoms with Crippen molar-refractivity contribution < 1.29 is 29.5 Å². The van der Waals surface area contributed by atoms with E-state index in [1.54, 1.807) is 0 Å². The van der Waals surface area contributed by atoms with Crippen LogP contribution >= 0.6 is 0 Å². The van der Waals surface area contributed by atoms with Crippen molar-refractivity contribution in [1.82, 2.24) is 0 Å². The van der Waals surface area contributed by atoms with Crippen LogP contribution in [0.4, 0.5) is 0 Å². The van der Waals surface area contributed by atoms with Gasteiger partial charge in [0.25, 0.3) is 0 Å². The smallest absolute Gasteiger partial charge is 0.229 e. The Balaban J connectivity index is 1.87. The molecule has 7 unspecified atom stereocenters. The van der Waals surface area contributed by atoms with Gasteiger partial charge in [-0.1, -0.05) is 45.3 Å². The van der Waals surface area contributed by atoms with Crippen LogP contribution in [-0.4, -0.2) is 53.1 Å². The van der Waals surface area contributed by atoms with E-state index in [2.05, 4.69) is 47.6 Å². The summed E-state index contributed by atoms with van der Waals surface area (Å²) < 4.78 is 18.6. The lowest BCUT2D eigenvalue weighted by molar-refractivity contribution is -0.242. The maximum absolute atomic E-state index is 10.7. The molecular formula is C30H46O6. The third-order valence-corrected chi connectivity index (χ3v) is 8.45. The fourth-order valence-corrected chi connectivity index (χ4v) is 6.59. The molecule has 36 heavy (non-hydrogen) atoms. The highest BCUT2D eigenvalue weighted by Crippen LogP contribution is 2.58. The number of aliphatic hydroxyl groups is 3. The van der Waals surface area contributed by atoms with Crippen LogP contribution in [0.3, 0.4) is 0 Å². The molecule has 1 saturated heterocycles. The minimum absolute atomic E-state index is 0.0906. The summed E-state index contributed by atoms with van der Waals surface area (Å²) in [5, 5.41) is 30.9. The van der Waals surface area contributed by atoms with E-state index in [9.17, 15) is 15.3 Å². The van der Waals surface area contributed by atoms with E-state index in [-0.39, 0.29) is 12.5 Å². The molecule has 3 N–H and O–H groups in total. The summed E-state index contributed by atoms with van der Waals surface area (Å²) in [4.78, 5) is 0. The first-order chi connectivity index (χ1) is 17.1. The molecule has 1 aromatic carbocycles. The summed E-state index contributed by atoms with van der Waals surface area (Å²) >= 11 is 0. The van der Waals surface area contributed by atoms with E-state index in [1.165, 1.54) is 22.3 Å². The van der Waals surface area contributed by atoms with E-state index < -0.39 is 24.6 Å². The van der Waals surface area contributed by atoms with Crippen molar-refractivity contribution in [3.8, 4) is 11.5 Å². The van der Waals surface area contributed by atoms with E-state index in [0.717, 1.165) is 49.8 Å². The molecule has 0 bridgehead atoms. The Morgan fingerprint density at radius 1 is 1.00 bits per heavy atom. The Bertz CT molecular complexity index is 951. The van der Waals surface area contributed by atoms with Gasteiger partial charge >= 0.3 is 0 Å². The van der Waals surface area contributed by atoms with Gasteiger partial charge in [-0.05, 0) is 80.9 Å². The number of hydrogen-bond donors (Lipinski definition) is 3. The van der Waals surface area contributed by atoms with Crippen LogP contribution in [0.15, 0.2) is 11.6 Å². The molecule has 0 radical (unpaired) electrons. The molecule has 6 heteroatoms. The summed E-state index contributed by atoms with van der Waals surface area (Å²) in [5.74, 6) is 3.02. The topological polar surface area (TPSA) is 88.4 Å². The normalized spacial score (nSPS) is 33.6. The van der Waals surface area contributed by atoms with Gasteiger partial charge in [0.05, 0.1) is 13.2 Å². The van der Waals surface area contributed by atoms with Gasteiger partial charge in [0.2, 0.25) is 6.29 Å². The number of allylic oxidation sites excluding steroid dienone is 2. The number of unbranched alkanes of at least 4 members (excludes halogenated alkanes) is 2. The molecule has 4 rings (SSSR count). The maximum Gasteiger partial charge on any atom is 0.229 e. The monoisotopic (exact) mass is 502 g/mol. The Morgan fingerprint density at radius 3 is 2.44 bits per heavy atom. The Labute approximate surface area is 216 Å². The molecule has 8 atom stereocenters. The quantitative estimate of drug-likeness (QED) is 0.324. The first kappa shape index (κ1) is 27.4. The van der Waals surface area contributed by atoms with Gasteiger partial charge < -0.3 is 29.5 Å². The van der Waals surface area contributed by atoms with Crippen LogP contribution in [-0.2, 0) is 4.74 Å². The van der Waals surface area contributed by atoms with Crippen LogP contribution < -0.4 is 9.47 Å². The van der Waals surface area contributed by atoms with Crippen molar-refractivity contribution >= 4 is 0 Å². The van der Waals surface area contributed by atoms with Crippen LogP contribution in [0.5, 0.6) is 11.5 Å². The highest BCUT2D eigenvalue weighted by Gasteiger charge is 2.44. The summed E-state index contributed by atoms with van der Waals surface area (Å²) in [6.07, 6.45) is 4.05. The van der Waals surface area contributed by atoms with Gasteiger partial charge in [0, 0.05) is 11.5 Å². The van der Waals surface area contributed by atoms with Crippen LogP contribution in [0.1, 0.15) is 113 Å². The standard InChI is InChI=1S/C30H46O6/c1-7-8-9-12-34-28-19(6)24-20(13-16(2)3)14-18(5)21-11-10-17(4)23(25(21)24)29(28)36-30-27(33)26(32)22(31)15-35-30/h13,17-18,20-22,26-27,30-33H,7-12,14-15H2,1-6H3/t17?,18?,20-,21?,22?,26?,27?,30?/m0/s1.